The number of phenols is 1. The first-order chi connectivity index (χ1) is 8.60. The Labute approximate surface area is 104 Å². The van der Waals surface area contributed by atoms with Crippen LogP contribution >= 0.6 is 0 Å². The average molecular weight is 250 g/mol. The fourth-order valence-electron chi connectivity index (χ4n) is 1.82. The quantitative estimate of drug-likeness (QED) is 0.548. The van der Waals surface area contributed by atoms with Crippen LogP contribution in [0, 0.1) is 0 Å². The average Bonchev–Trinajstić information content (AvgIpc) is 2.36. The molecule has 0 unspecified atom stereocenters. The van der Waals surface area contributed by atoms with Gasteiger partial charge in [0.2, 0.25) is 11.8 Å². The molecule has 0 aromatic heterocycles. The number of carbonyl (C=O) groups is 2. The molecule has 0 radical (unpaired) electrons. The second-order valence-electron chi connectivity index (χ2n) is 4.18. The number of rotatable bonds is 3. The molecule has 18 heavy (non-hydrogen) atoms. The number of aromatic hydroxyl groups is 1. The molecular formula is C12H14N2O4. The predicted molar refractivity (Wildman–Crippen MR) is 62.8 cm³/mol. The van der Waals surface area contributed by atoms with Gasteiger partial charge in [-0.05, 0) is 17.7 Å². The number of carbonyl (C=O) groups excluding carboxylic acids is 2. The minimum atomic E-state index is -0.867. The summed E-state index contributed by atoms with van der Waals surface area (Å²) in [6.07, 6.45) is 0.343. The van der Waals surface area contributed by atoms with Gasteiger partial charge in [-0.2, -0.15) is 0 Å². The third-order valence-corrected chi connectivity index (χ3v) is 2.82. The van der Waals surface area contributed by atoms with Gasteiger partial charge in [-0.25, -0.2) is 0 Å². The van der Waals surface area contributed by atoms with Crippen LogP contribution in [-0.2, 0) is 16.0 Å². The number of aliphatic hydroxyl groups excluding tert-OH is 1. The van der Waals surface area contributed by atoms with Gasteiger partial charge in [0.05, 0.1) is 6.61 Å². The molecule has 1 fully saturated rings. The fraction of sp³-hybridized carbons (Fsp3) is 0.333. The number of amides is 2. The van der Waals surface area contributed by atoms with E-state index in [0.717, 1.165) is 5.56 Å². The highest BCUT2D eigenvalue weighted by atomic mass is 16.3. The second-order valence-corrected chi connectivity index (χ2v) is 4.18. The van der Waals surface area contributed by atoms with Crippen LogP contribution in [0.5, 0.6) is 5.75 Å². The van der Waals surface area contributed by atoms with Gasteiger partial charge in [-0.3, -0.25) is 9.59 Å². The molecule has 1 heterocycles. The molecule has 0 spiro atoms. The number of phenolic OH excluding ortho intramolecular Hbond substituents is 1. The zero-order valence-electron chi connectivity index (χ0n) is 9.59. The van der Waals surface area contributed by atoms with E-state index in [1.165, 1.54) is 12.1 Å². The lowest BCUT2D eigenvalue weighted by Gasteiger charge is -2.28. The van der Waals surface area contributed by atoms with Gasteiger partial charge >= 0.3 is 0 Å². The van der Waals surface area contributed by atoms with Crippen LogP contribution < -0.4 is 10.6 Å². The zero-order chi connectivity index (χ0) is 13.1. The van der Waals surface area contributed by atoms with Gasteiger partial charge in [-0.1, -0.05) is 12.1 Å². The molecule has 2 rings (SSSR count). The van der Waals surface area contributed by atoms with Crippen LogP contribution in [-0.4, -0.2) is 40.7 Å². The van der Waals surface area contributed by atoms with Crippen LogP contribution in [0.2, 0.25) is 0 Å². The molecule has 2 amide bonds. The zero-order valence-corrected chi connectivity index (χ0v) is 9.59. The van der Waals surface area contributed by atoms with E-state index in [1.54, 1.807) is 12.1 Å². The lowest BCUT2D eigenvalue weighted by atomic mass is 10.0. The van der Waals surface area contributed by atoms with Crippen LogP contribution in [0.25, 0.3) is 0 Å². The molecule has 0 bridgehead atoms. The molecule has 1 aromatic carbocycles. The van der Waals surface area contributed by atoms with E-state index < -0.39 is 18.7 Å². The maximum Gasteiger partial charge on any atom is 0.245 e. The number of piperazine rings is 1. The van der Waals surface area contributed by atoms with Gasteiger partial charge in [0.25, 0.3) is 0 Å². The molecule has 1 aliphatic heterocycles. The molecule has 6 heteroatoms. The van der Waals surface area contributed by atoms with Crippen molar-refractivity contribution in [1.29, 1.82) is 0 Å². The van der Waals surface area contributed by atoms with Crippen molar-refractivity contribution in [1.82, 2.24) is 10.6 Å². The maximum atomic E-state index is 11.7. The number of benzene rings is 1. The molecule has 0 aliphatic carbocycles. The summed E-state index contributed by atoms with van der Waals surface area (Å²) in [5.74, 6) is -0.557. The van der Waals surface area contributed by atoms with Gasteiger partial charge < -0.3 is 20.8 Å². The Bertz CT molecular complexity index is 458. The molecule has 0 saturated carbocycles. The van der Waals surface area contributed by atoms with Gasteiger partial charge in [0.15, 0.2) is 0 Å². The summed E-state index contributed by atoms with van der Waals surface area (Å²) < 4.78 is 0. The van der Waals surface area contributed by atoms with Crippen LogP contribution in [0.3, 0.4) is 0 Å². The van der Waals surface area contributed by atoms with Gasteiger partial charge in [-0.15, -0.1) is 0 Å². The monoisotopic (exact) mass is 250 g/mol. The third-order valence-electron chi connectivity index (χ3n) is 2.82. The van der Waals surface area contributed by atoms with Crippen LogP contribution in [0.1, 0.15) is 5.56 Å². The summed E-state index contributed by atoms with van der Waals surface area (Å²) in [5.41, 5.74) is 0.829. The molecular weight excluding hydrogens is 236 g/mol. The Kier molecular flexibility index (Phi) is 3.47. The largest absolute Gasteiger partial charge is 0.508 e. The minimum Gasteiger partial charge on any atom is -0.508 e. The number of aliphatic hydroxyl groups is 1. The Morgan fingerprint density at radius 2 is 1.56 bits per heavy atom. The molecule has 4 N–H and O–H groups in total. The summed E-state index contributed by atoms with van der Waals surface area (Å²) in [4.78, 5) is 23.2. The molecule has 1 aromatic rings. The highest BCUT2D eigenvalue weighted by Crippen LogP contribution is 2.12. The standard InChI is InChI=1S/C12H14N2O4/c15-6-10-12(18)13-9(11(17)14-10)5-7-1-3-8(16)4-2-7/h1-4,9-10,15-16H,5-6H2,(H,13,18)(H,14,17)/t9-,10-/m0/s1. The lowest BCUT2D eigenvalue weighted by molar-refractivity contribution is -0.137. The van der Waals surface area contributed by atoms with Crippen molar-refractivity contribution < 1.29 is 19.8 Å². The molecule has 96 valence electrons. The van der Waals surface area contributed by atoms with Gasteiger partial charge in [0.1, 0.15) is 17.8 Å². The van der Waals surface area contributed by atoms with Crippen molar-refractivity contribution in [2.24, 2.45) is 0 Å². The van der Waals surface area contributed by atoms with E-state index in [0.29, 0.717) is 6.42 Å². The van der Waals surface area contributed by atoms with E-state index in [9.17, 15) is 9.59 Å². The maximum absolute atomic E-state index is 11.7. The molecule has 6 nitrogen and oxygen atoms in total. The highest BCUT2D eigenvalue weighted by molar-refractivity contribution is 5.97. The summed E-state index contributed by atoms with van der Waals surface area (Å²) in [5, 5.41) is 23.0. The number of hydrogen-bond acceptors (Lipinski definition) is 4. The normalized spacial score (nSPS) is 23.4. The Morgan fingerprint density at radius 3 is 2.17 bits per heavy atom. The molecule has 1 saturated heterocycles. The summed E-state index contributed by atoms with van der Waals surface area (Å²) in [6.45, 7) is -0.413. The summed E-state index contributed by atoms with van der Waals surface area (Å²) in [7, 11) is 0. The third kappa shape index (κ3) is 2.60. The van der Waals surface area contributed by atoms with Crippen molar-refractivity contribution in [2.75, 3.05) is 6.61 Å². The van der Waals surface area contributed by atoms with E-state index in [4.69, 9.17) is 10.2 Å². The molecule has 2 atom stereocenters. The predicted octanol–water partition coefficient (Wildman–Crippen LogP) is -1.09. The second kappa shape index (κ2) is 5.05. The van der Waals surface area contributed by atoms with Crippen molar-refractivity contribution in [3.8, 4) is 5.75 Å². The summed E-state index contributed by atoms with van der Waals surface area (Å²) >= 11 is 0. The van der Waals surface area contributed by atoms with E-state index in [2.05, 4.69) is 10.6 Å². The Morgan fingerprint density at radius 1 is 1.00 bits per heavy atom. The fourth-order valence-corrected chi connectivity index (χ4v) is 1.82. The molecule has 1 aliphatic rings. The van der Waals surface area contributed by atoms with Gasteiger partial charge in [0, 0.05) is 6.42 Å². The van der Waals surface area contributed by atoms with Crippen molar-refractivity contribution in [3.05, 3.63) is 29.8 Å². The Hall–Kier alpha value is -2.08. The van der Waals surface area contributed by atoms with E-state index in [1.807, 2.05) is 0 Å². The first-order valence-corrected chi connectivity index (χ1v) is 5.59. The smallest absolute Gasteiger partial charge is 0.245 e. The van der Waals surface area contributed by atoms with Crippen LogP contribution in [0.4, 0.5) is 0 Å². The van der Waals surface area contributed by atoms with Crippen molar-refractivity contribution in [2.45, 2.75) is 18.5 Å². The van der Waals surface area contributed by atoms with E-state index in [-0.39, 0.29) is 17.6 Å². The summed E-state index contributed by atoms with van der Waals surface area (Å²) in [6, 6.07) is 4.90. The topological polar surface area (TPSA) is 98.7 Å². The first kappa shape index (κ1) is 12.4. The van der Waals surface area contributed by atoms with Crippen LogP contribution in [0.15, 0.2) is 24.3 Å². The van der Waals surface area contributed by atoms with Crippen molar-refractivity contribution >= 4 is 11.8 Å². The first-order valence-electron chi connectivity index (χ1n) is 5.59. The number of nitrogens with one attached hydrogen (secondary N) is 2. The van der Waals surface area contributed by atoms with Crippen molar-refractivity contribution in [3.63, 3.8) is 0 Å². The SMILES string of the molecule is O=C1N[C@@H](Cc2ccc(O)cc2)C(=O)N[C@H]1CO. The Balaban J connectivity index is 2.04. The number of hydrogen-bond donors (Lipinski definition) is 4. The minimum absolute atomic E-state index is 0.149. The highest BCUT2D eigenvalue weighted by Gasteiger charge is 2.32. The van der Waals surface area contributed by atoms with E-state index >= 15 is 0 Å². The lowest BCUT2D eigenvalue weighted by Crippen LogP contribution is -2.63.